The molecule has 0 saturated heterocycles. The molecule has 0 spiro atoms. The van der Waals surface area contributed by atoms with Gasteiger partial charge in [-0.25, -0.2) is 8.42 Å². The minimum atomic E-state index is -3.49. The first-order valence-electron chi connectivity index (χ1n) is 19.9. The minimum Gasteiger partial charge on any atom is -0.274 e. The normalized spacial score (nSPS) is 11.9. The molecule has 0 aliphatic rings. The first kappa shape index (κ1) is 43.4. The molecule has 0 rings (SSSR count). The van der Waals surface area contributed by atoms with E-state index in [2.05, 4.69) is 18.6 Å². The van der Waals surface area contributed by atoms with Gasteiger partial charge in [-0.05, 0) is 12.8 Å². The number of hydrogen-bond donors (Lipinski definition) is 1. The largest absolute Gasteiger partial charge is 0.274 e. The highest BCUT2D eigenvalue weighted by Gasteiger charge is 2.20. The molecule has 0 atom stereocenters. The Balaban J connectivity index is 3.79. The smallest absolute Gasteiger partial charge is 0.236 e. The second kappa shape index (κ2) is 33.8. The molecule has 0 fully saturated rings. The maximum Gasteiger partial charge on any atom is 0.236 e. The van der Waals surface area contributed by atoms with Gasteiger partial charge in [0.15, 0.2) is 0 Å². The van der Waals surface area contributed by atoms with E-state index >= 15 is 0 Å². The zero-order valence-electron chi connectivity index (χ0n) is 30.3. The molecular formula is C39H79NO3S. The summed E-state index contributed by atoms with van der Waals surface area (Å²) < 4.78 is 25.6. The summed E-state index contributed by atoms with van der Waals surface area (Å²) in [5, 5.41) is 0. The maximum absolute atomic E-state index is 12.7. The van der Waals surface area contributed by atoms with E-state index in [-0.39, 0.29) is 11.8 Å². The highest BCUT2D eigenvalue weighted by Crippen LogP contribution is 2.21. The van der Waals surface area contributed by atoms with Crippen LogP contribution < -0.4 is 4.72 Å². The lowest BCUT2D eigenvalue weighted by Crippen LogP contribution is -2.35. The summed E-state index contributed by atoms with van der Waals surface area (Å²) in [4.78, 5) is 12.7. The highest BCUT2D eigenvalue weighted by atomic mass is 32.2. The van der Waals surface area contributed by atoms with Crippen LogP contribution in [0.25, 0.3) is 0 Å². The van der Waals surface area contributed by atoms with Crippen LogP contribution in [0.1, 0.15) is 232 Å². The Hall–Kier alpha value is -0.580. The quantitative estimate of drug-likeness (QED) is 0.0692. The van der Waals surface area contributed by atoms with E-state index in [1.54, 1.807) is 0 Å². The van der Waals surface area contributed by atoms with Gasteiger partial charge in [-0.15, -0.1) is 0 Å². The number of carbonyl (C=O) groups is 1. The van der Waals surface area contributed by atoms with Crippen LogP contribution in [0.2, 0.25) is 0 Å². The summed E-state index contributed by atoms with van der Waals surface area (Å²) in [6, 6.07) is 0. The SMILES string of the molecule is CCCCCCCCCCCCCCCCCCC(CCCCCCCCCCCCCCCCCC)C(=O)NS(C)(=O)=O. The molecule has 0 aromatic rings. The second-order valence-corrected chi connectivity index (χ2v) is 15.9. The molecule has 5 heteroatoms. The molecule has 0 aliphatic carbocycles. The maximum atomic E-state index is 12.7. The highest BCUT2D eigenvalue weighted by molar-refractivity contribution is 7.89. The van der Waals surface area contributed by atoms with Crippen molar-refractivity contribution in [1.29, 1.82) is 0 Å². The number of nitrogens with one attached hydrogen (secondary N) is 1. The van der Waals surface area contributed by atoms with Crippen LogP contribution >= 0.6 is 0 Å². The van der Waals surface area contributed by atoms with Gasteiger partial charge in [-0.2, -0.15) is 0 Å². The lowest BCUT2D eigenvalue weighted by molar-refractivity contribution is -0.123. The predicted octanol–water partition coefficient (Wildman–Crippen LogP) is 13.0. The monoisotopic (exact) mass is 642 g/mol. The van der Waals surface area contributed by atoms with Crippen molar-refractivity contribution in [1.82, 2.24) is 4.72 Å². The van der Waals surface area contributed by atoms with E-state index in [0.717, 1.165) is 44.8 Å². The second-order valence-electron chi connectivity index (χ2n) is 14.1. The third-order valence-corrected chi connectivity index (χ3v) is 10.0. The standard InChI is InChI=1S/C39H79NO3S/c1-4-6-8-10-12-14-16-18-20-22-24-26-28-30-32-34-36-38(39(41)40-44(3,42)43)37-35-33-31-29-27-25-23-21-19-17-15-13-11-9-7-5-2/h38H,4-37H2,1-3H3,(H,40,41). The number of carbonyl (C=O) groups excluding carboxylic acids is 1. The van der Waals surface area contributed by atoms with Gasteiger partial charge in [-0.3, -0.25) is 9.52 Å². The minimum absolute atomic E-state index is 0.164. The lowest BCUT2D eigenvalue weighted by atomic mass is 9.93. The number of hydrogen-bond acceptors (Lipinski definition) is 3. The van der Waals surface area contributed by atoms with Gasteiger partial charge in [0.05, 0.1) is 6.26 Å². The molecule has 1 amide bonds. The van der Waals surface area contributed by atoms with Crippen LogP contribution in [0, 0.1) is 5.92 Å². The molecule has 0 aliphatic heterocycles. The Morgan fingerprint density at radius 3 is 0.818 bits per heavy atom. The summed E-state index contributed by atoms with van der Waals surface area (Å²) in [5.41, 5.74) is 0. The molecule has 0 heterocycles. The first-order chi connectivity index (χ1) is 21.4. The van der Waals surface area contributed by atoms with E-state index in [1.807, 2.05) is 0 Å². The van der Waals surface area contributed by atoms with Crippen molar-refractivity contribution in [3.63, 3.8) is 0 Å². The van der Waals surface area contributed by atoms with E-state index in [9.17, 15) is 13.2 Å². The average molecular weight is 642 g/mol. The Bertz CT molecular complexity index is 657. The number of sulfonamides is 1. The van der Waals surface area contributed by atoms with Crippen molar-refractivity contribution in [2.75, 3.05) is 6.26 Å². The zero-order valence-corrected chi connectivity index (χ0v) is 31.1. The van der Waals surface area contributed by atoms with Gasteiger partial charge in [0.1, 0.15) is 0 Å². The number of rotatable bonds is 36. The van der Waals surface area contributed by atoms with Crippen LogP contribution in [-0.2, 0) is 14.8 Å². The van der Waals surface area contributed by atoms with Crippen molar-refractivity contribution in [3.05, 3.63) is 0 Å². The van der Waals surface area contributed by atoms with Crippen LogP contribution in [0.3, 0.4) is 0 Å². The van der Waals surface area contributed by atoms with Gasteiger partial charge >= 0.3 is 0 Å². The summed E-state index contributed by atoms with van der Waals surface area (Å²) in [6.45, 7) is 4.56. The van der Waals surface area contributed by atoms with Crippen LogP contribution in [0.5, 0.6) is 0 Å². The van der Waals surface area contributed by atoms with Crippen LogP contribution in [0.4, 0.5) is 0 Å². The molecule has 0 radical (unpaired) electrons. The van der Waals surface area contributed by atoms with E-state index in [0.29, 0.717) is 0 Å². The van der Waals surface area contributed by atoms with Crippen molar-refractivity contribution < 1.29 is 13.2 Å². The fraction of sp³-hybridized carbons (Fsp3) is 0.974. The van der Waals surface area contributed by atoms with E-state index in [4.69, 9.17) is 0 Å². The molecular weight excluding hydrogens is 563 g/mol. The topological polar surface area (TPSA) is 63.2 Å². The van der Waals surface area contributed by atoms with Crippen LogP contribution in [-0.4, -0.2) is 20.6 Å². The van der Waals surface area contributed by atoms with Crippen molar-refractivity contribution >= 4 is 15.9 Å². The molecule has 1 N–H and O–H groups in total. The molecule has 0 saturated carbocycles. The van der Waals surface area contributed by atoms with E-state index in [1.165, 1.54) is 180 Å². The fourth-order valence-corrected chi connectivity index (χ4v) is 7.08. The molecule has 0 aromatic heterocycles. The Labute approximate surface area is 277 Å². The summed E-state index contributed by atoms with van der Waals surface area (Å²) in [7, 11) is -3.49. The molecule has 4 nitrogen and oxygen atoms in total. The van der Waals surface area contributed by atoms with E-state index < -0.39 is 10.0 Å². The van der Waals surface area contributed by atoms with Gasteiger partial charge in [0.25, 0.3) is 0 Å². The Kier molecular flexibility index (Phi) is 33.3. The van der Waals surface area contributed by atoms with Gasteiger partial charge in [0.2, 0.25) is 15.9 Å². The summed E-state index contributed by atoms with van der Waals surface area (Å²) >= 11 is 0. The van der Waals surface area contributed by atoms with Crippen molar-refractivity contribution in [2.24, 2.45) is 5.92 Å². The van der Waals surface area contributed by atoms with Gasteiger partial charge in [0, 0.05) is 5.92 Å². The predicted molar refractivity (Wildman–Crippen MR) is 195 cm³/mol. The van der Waals surface area contributed by atoms with Gasteiger partial charge < -0.3 is 0 Å². The lowest BCUT2D eigenvalue weighted by Gasteiger charge is -2.16. The first-order valence-corrected chi connectivity index (χ1v) is 21.8. The third-order valence-electron chi connectivity index (χ3n) is 9.47. The Morgan fingerprint density at radius 1 is 0.409 bits per heavy atom. The van der Waals surface area contributed by atoms with Crippen molar-refractivity contribution in [2.45, 2.75) is 232 Å². The number of amides is 1. The molecule has 0 aromatic carbocycles. The third kappa shape index (κ3) is 34.3. The van der Waals surface area contributed by atoms with Gasteiger partial charge in [-0.1, -0.05) is 219 Å². The average Bonchev–Trinajstić information content (AvgIpc) is 2.98. The Morgan fingerprint density at radius 2 is 0.614 bits per heavy atom. The molecule has 0 unspecified atom stereocenters. The molecule has 264 valence electrons. The number of unbranched alkanes of at least 4 members (excludes halogenated alkanes) is 30. The molecule has 44 heavy (non-hydrogen) atoms. The summed E-state index contributed by atoms with van der Waals surface area (Å²) in [6.07, 6.45) is 45.6. The fourth-order valence-electron chi connectivity index (χ4n) is 6.55. The molecule has 0 bridgehead atoms. The van der Waals surface area contributed by atoms with Crippen LogP contribution in [0.15, 0.2) is 0 Å². The summed E-state index contributed by atoms with van der Waals surface area (Å²) in [5.74, 6) is -0.447. The zero-order chi connectivity index (χ0) is 32.4. The van der Waals surface area contributed by atoms with Crippen molar-refractivity contribution in [3.8, 4) is 0 Å².